The maximum Gasteiger partial charge on any atom is 0.206 e. The molecule has 8 aromatic rings. The molecule has 0 aromatic heterocycles. The largest absolute Gasteiger partial charge is 0.219 e. The van der Waals surface area contributed by atoms with Gasteiger partial charge in [-0.15, -0.1) is 11.8 Å². The highest BCUT2D eigenvalue weighted by Gasteiger charge is 2.19. The van der Waals surface area contributed by atoms with Crippen molar-refractivity contribution in [1.82, 2.24) is 0 Å². The highest BCUT2D eigenvalue weighted by molar-refractivity contribution is 8.00. The van der Waals surface area contributed by atoms with E-state index in [1.807, 2.05) is 43.3 Å². The van der Waals surface area contributed by atoms with Gasteiger partial charge in [0.1, 0.15) is 0 Å². The van der Waals surface area contributed by atoms with E-state index in [0.717, 1.165) is 51.0 Å². The van der Waals surface area contributed by atoms with E-state index in [1.165, 1.54) is 9.79 Å². The topological polar surface area (TPSA) is 68.3 Å². The zero-order valence-corrected chi connectivity index (χ0v) is 38.7. The number of hydrogen-bond donors (Lipinski definition) is 0. The summed E-state index contributed by atoms with van der Waals surface area (Å²) in [6, 6.07) is 61.6. The molecule has 61 heavy (non-hydrogen) atoms. The molecule has 0 fully saturated rings. The average Bonchev–Trinajstić information content (AvgIpc) is 3.29. The van der Waals surface area contributed by atoms with Crippen LogP contribution in [0.5, 0.6) is 0 Å². The van der Waals surface area contributed by atoms with E-state index in [0.29, 0.717) is 0 Å². The van der Waals surface area contributed by atoms with Crippen LogP contribution in [-0.2, 0) is 19.7 Å². The minimum atomic E-state index is -3.68. The first kappa shape index (κ1) is 43.1. The Balaban J connectivity index is 0.834. The lowest BCUT2D eigenvalue weighted by molar-refractivity contribution is 0.594. The lowest BCUT2D eigenvalue weighted by Gasteiger charge is -2.09. The van der Waals surface area contributed by atoms with Gasteiger partial charge in [-0.3, -0.25) is 0 Å². The number of sulfone groups is 2. The summed E-state index contributed by atoms with van der Waals surface area (Å²) in [5.41, 5.74) is 3.18. The summed E-state index contributed by atoms with van der Waals surface area (Å²) in [6.07, 6.45) is 2.08. The maximum atomic E-state index is 13.5. The Morgan fingerprint density at radius 3 is 0.721 bits per heavy atom. The van der Waals surface area contributed by atoms with Crippen molar-refractivity contribution >= 4 is 78.5 Å². The second-order valence-corrected chi connectivity index (χ2v) is 23.2. The molecule has 0 bridgehead atoms. The first-order valence-electron chi connectivity index (χ1n) is 19.0. The Morgan fingerprint density at radius 2 is 0.475 bits per heavy atom. The average molecular weight is 927 g/mol. The molecule has 0 atom stereocenters. The molecule has 4 nitrogen and oxygen atoms in total. The maximum absolute atomic E-state index is 13.5. The molecule has 0 aliphatic heterocycles. The normalized spacial score (nSPS) is 11.7. The smallest absolute Gasteiger partial charge is 0.206 e. The van der Waals surface area contributed by atoms with Crippen molar-refractivity contribution in [2.75, 3.05) is 6.26 Å². The summed E-state index contributed by atoms with van der Waals surface area (Å²) >= 11 is 8.22. The minimum absolute atomic E-state index is 0.258. The van der Waals surface area contributed by atoms with E-state index in [9.17, 15) is 16.8 Å². The van der Waals surface area contributed by atoms with Crippen molar-refractivity contribution in [2.24, 2.45) is 0 Å². The Morgan fingerprint density at radius 1 is 0.279 bits per heavy atom. The van der Waals surface area contributed by atoms with Crippen LogP contribution in [0.1, 0.15) is 5.56 Å². The van der Waals surface area contributed by atoms with Crippen LogP contribution >= 0.6 is 58.8 Å². The molecule has 304 valence electrons. The van der Waals surface area contributed by atoms with Crippen LogP contribution in [-0.4, -0.2) is 23.1 Å². The predicted octanol–water partition coefficient (Wildman–Crippen LogP) is 14.7. The fourth-order valence-corrected chi connectivity index (χ4v) is 12.4. The lowest BCUT2D eigenvalue weighted by Crippen LogP contribution is -2.01. The first-order valence-corrected chi connectivity index (χ1v) is 26.5. The van der Waals surface area contributed by atoms with Crippen molar-refractivity contribution in [2.45, 2.75) is 70.6 Å². The Hall–Kier alpha value is -4.59. The van der Waals surface area contributed by atoms with E-state index >= 15 is 0 Å². The fraction of sp³-hybridized carbons (Fsp3) is 0.0400. The molecule has 11 heteroatoms. The molecule has 0 spiro atoms. The third-order valence-corrected chi connectivity index (χ3v) is 18.0. The second-order valence-electron chi connectivity index (χ2n) is 13.8. The Labute approximate surface area is 379 Å². The molecule has 0 saturated heterocycles. The van der Waals surface area contributed by atoms with E-state index < -0.39 is 19.7 Å². The Kier molecular flexibility index (Phi) is 13.6. The molecule has 0 unspecified atom stereocenters. The molecule has 0 heterocycles. The molecule has 8 rings (SSSR count). The van der Waals surface area contributed by atoms with Crippen LogP contribution in [0.4, 0.5) is 0 Å². The highest BCUT2D eigenvalue weighted by Crippen LogP contribution is 2.36. The van der Waals surface area contributed by atoms with Gasteiger partial charge in [-0.05, 0) is 182 Å². The van der Waals surface area contributed by atoms with Crippen LogP contribution < -0.4 is 0 Å². The van der Waals surface area contributed by atoms with Gasteiger partial charge < -0.3 is 0 Å². The van der Waals surface area contributed by atoms with Crippen LogP contribution in [0, 0.1) is 6.92 Å². The van der Waals surface area contributed by atoms with Crippen molar-refractivity contribution in [3.8, 4) is 11.1 Å². The summed E-state index contributed by atoms with van der Waals surface area (Å²) in [6.45, 7) is 1.93. The SMILES string of the molecule is CSc1ccc(Sc2ccc(Sc3ccc(S(=O)(=O)c4ccc(Sc5ccc(-c6ccc(Sc7ccc(S(=O)(=O)c8ccc(C)cc8)cc7)cc6)cc5)cc4)cc3)cc2)cc1. The second kappa shape index (κ2) is 19.2. The summed E-state index contributed by atoms with van der Waals surface area (Å²) in [5, 5.41) is 0. The summed E-state index contributed by atoms with van der Waals surface area (Å²) in [5.74, 6) is 0. The quantitative estimate of drug-likeness (QED) is 0.0992. The predicted molar refractivity (Wildman–Crippen MR) is 254 cm³/mol. The van der Waals surface area contributed by atoms with Crippen molar-refractivity contribution < 1.29 is 16.8 Å². The van der Waals surface area contributed by atoms with E-state index in [1.54, 1.807) is 119 Å². The van der Waals surface area contributed by atoms with Gasteiger partial charge in [0.05, 0.1) is 19.6 Å². The number of thioether (sulfide) groups is 1. The van der Waals surface area contributed by atoms with Crippen LogP contribution in [0.2, 0.25) is 0 Å². The molecule has 8 aromatic carbocycles. The van der Waals surface area contributed by atoms with Gasteiger partial charge in [0.25, 0.3) is 0 Å². The van der Waals surface area contributed by atoms with Crippen molar-refractivity contribution in [3.63, 3.8) is 0 Å². The van der Waals surface area contributed by atoms with Crippen LogP contribution in [0.15, 0.2) is 258 Å². The summed E-state index contributed by atoms with van der Waals surface area (Å²) in [7, 11) is -7.25. The van der Waals surface area contributed by atoms with Crippen molar-refractivity contribution in [1.29, 1.82) is 0 Å². The molecular weight excluding hydrogens is 889 g/mol. The Bertz CT molecular complexity index is 2950. The molecule has 0 radical (unpaired) electrons. The summed E-state index contributed by atoms with van der Waals surface area (Å²) in [4.78, 5) is 10.7. The van der Waals surface area contributed by atoms with Crippen molar-refractivity contribution in [3.05, 3.63) is 200 Å². The summed E-state index contributed by atoms with van der Waals surface area (Å²) < 4.78 is 53.2. The molecule has 0 aliphatic rings. The third-order valence-electron chi connectivity index (χ3n) is 9.60. The standard InChI is InChI=1S/C50H38O4S7/c1-35-3-27-47(28-4-35)60(51,52)48-29-21-44(22-30-48)56-39-9-5-36(6-10-39)37-7-11-40(12-8-37)57-45-23-31-49(32-24-45)61(53,54)50-33-25-46(26-34-50)59-43-19-17-42(18-20-43)58-41-15-13-38(55-2)14-16-41/h3-34H,1-2H3. The molecule has 0 N–H and O–H groups in total. The minimum Gasteiger partial charge on any atom is -0.219 e. The number of benzene rings is 8. The zero-order chi connectivity index (χ0) is 42.4. The molecular formula is C50H38O4S7. The molecule has 0 amide bonds. The molecule has 0 aliphatic carbocycles. The van der Waals surface area contributed by atoms with Gasteiger partial charge >= 0.3 is 0 Å². The van der Waals surface area contributed by atoms with Crippen LogP contribution in [0.3, 0.4) is 0 Å². The van der Waals surface area contributed by atoms with Gasteiger partial charge in [0.2, 0.25) is 19.7 Å². The number of aryl methyl sites for hydroxylation is 1. The number of rotatable bonds is 14. The van der Waals surface area contributed by atoms with E-state index in [-0.39, 0.29) is 19.6 Å². The van der Waals surface area contributed by atoms with E-state index in [4.69, 9.17) is 0 Å². The van der Waals surface area contributed by atoms with Gasteiger partial charge in [-0.2, -0.15) is 0 Å². The number of hydrogen-bond acceptors (Lipinski definition) is 9. The van der Waals surface area contributed by atoms with Gasteiger partial charge in [-0.25, -0.2) is 16.8 Å². The lowest BCUT2D eigenvalue weighted by atomic mass is 10.1. The van der Waals surface area contributed by atoms with Gasteiger partial charge in [-0.1, -0.05) is 89.0 Å². The van der Waals surface area contributed by atoms with Crippen LogP contribution in [0.25, 0.3) is 11.1 Å². The first-order chi connectivity index (χ1) is 29.5. The highest BCUT2D eigenvalue weighted by atomic mass is 32.2. The zero-order valence-electron chi connectivity index (χ0n) is 33.0. The fourth-order valence-electron chi connectivity index (χ4n) is 6.24. The monoisotopic (exact) mass is 926 g/mol. The van der Waals surface area contributed by atoms with Gasteiger partial charge in [0.15, 0.2) is 0 Å². The van der Waals surface area contributed by atoms with E-state index in [2.05, 4.69) is 103 Å². The third kappa shape index (κ3) is 10.7. The van der Waals surface area contributed by atoms with Gasteiger partial charge in [0, 0.05) is 44.1 Å². The molecule has 0 saturated carbocycles.